The van der Waals surface area contributed by atoms with Gasteiger partial charge in [-0.15, -0.1) is 5.11 Å². The summed E-state index contributed by atoms with van der Waals surface area (Å²) in [5.41, 5.74) is 3.96. The van der Waals surface area contributed by atoms with E-state index in [0.717, 1.165) is 40.2 Å². The van der Waals surface area contributed by atoms with Crippen LogP contribution in [-0.4, -0.2) is 38.1 Å². The number of sulfonamides is 1. The molecule has 0 saturated carbocycles. The van der Waals surface area contributed by atoms with E-state index in [2.05, 4.69) is 29.4 Å². The summed E-state index contributed by atoms with van der Waals surface area (Å²) in [7, 11) is -3.60. The highest BCUT2D eigenvalue weighted by atomic mass is 32.2. The first-order valence-corrected chi connectivity index (χ1v) is 12.7. The summed E-state index contributed by atoms with van der Waals surface area (Å²) in [6, 6.07) is 5.54. The molecule has 7 nitrogen and oxygen atoms in total. The standard InChI is InChI=1S/C24H30N4O3S/c1-15-5-6-16(2)20(11-15)32(30,31)28-9-7-24(8-10-28)17-14-25-27-22(17)26-18-12-23(3,4)13-19(29)21(18)24/h5-6,11,26H,7-10,12-14H2,1-4H3. The van der Waals surface area contributed by atoms with E-state index in [1.54, 1.807) is 10.4 Å². The highest BCUT2D eigenvalue weighted by molar-refractivity contribution is 7.89. The van der Waals surface area contributed by atoms with Gasteiger partial charge in [0.05, 0.1) is 11.4 Å². The van der Waals surface area contributed by atoms with Gasteiger partial charge in [-0.05, 0) is 55.7 Å². The minimum absolute atomic E-state index is 0.106. The lowest BCUT2D eigenvalue weighted by Crippen LogP contribution is -2.50. The molecule has 1 aliphatic carbocycles. The summed E-state index contributed by atoms with van der Waals surface area (Å²) < 4.78 is 28.5. The number of hydrogen-bond acceptors (Lipinski definition) is 6. The lowest BCUT2D eigenvalue weighted by atomic mass is 9.60. The van der Waals surface area contributed by atoms with E-state index in [0.29, 0.717) is 43.8 Å². The van der Waals surface area contributed by atoms with Gasteiger partial charge in [0.1, 0.15) is 0 Å². The van der Waals surface area contributed by atoms with Crippen molar-refractivity contribution in [3.8, 4) is 0 Å². The fourth-order valence-corrected chi connectivity index (χ4v) is 7.60. The molecule has 32 heavy (non-hydrogen) atoms. The minimum Gasteiger partial charge on any atom is -0.342 e. The molecule has 1 N–H and O–H groups in total. The summed E-state index contributed by atoms with van der Waals surface area (Å²) in [4.78, 5) is 13.7. The molecule has 3 aliphatic heterocycles. The molecule has 8 heteroatoms. The molecule has 170 valence electrons. The number of hydrogen-bond donors (Lipinski definition) is 1. The Morgan fingerprint density at radius 1 is 1.09 bits per heavy atom. The Kier molecular flexibility index (Phi) is 4.77. The number of aryl methyl sites for hydroxylation is 2. The molecule has 1 aromatic rings. The molecule has 4 aliphatic rings. The molecule has 0 bridgehead atoms. The number of nitrogens with one attached hydrogen (secondary N) is 1. The second-order valence-electron chi connectivity index (χ2n) is 10.4. The van der Waals surface area contributed by atoms with Gasteiger partial charge >= 0.3 is 0 Å². The average molecular weight is 455 g/mol. The molecule has 0 aromatic heterocycles. The predicted octanol–water partition coefficient (Wildman–Crippen LogP) is 4.00. The Morgan fingerprint density at radius 2 is 1.81 bits per heavy atom. The van der Waals surface area contributed by atoms with Gasteiger partial charge in [-0.2, -0.15) is 9.42 Å². The normalized spacial score (nSPS) is 24.6. The topological polar surface area (TPSA) is 91.2 Å². The molecule has 1 aromatic carbocycles. The number of carbonyl (C=O) groups excluding carboxylic acids is 1. The van der Waals surface area contributed by atoms with Crippen molar-refractivity contribution in [3.05, 3.63) is 52.0 Å². The largest absolute Gasteiger partial charge is 0.342 e. The number of azo groups is 1. The van der Waals surface area contributed by atoms with Crippen LogP contribution < -0.4 is 5.32 Å². The van der Waals surface area contributed by atoms with Crippen LogP contribution in [0.25, 0.3) is 0 Å². The number of nitrogens with zero attached hydrogens (tertiary/aromatic N) is 3. The highest BCUT2D eigenvalue weighted by Gasteiger charge is 2.53. The van der Waals surface area contributed by atoms with Gasteiger partial charge in [0.25, 0.3) is 0 Å². The lowest BCUT2D eigenvalue weighted by Gasteiger charge is -2.48. The first-order valence-electron chi connectivity index (χ1n) is 11.3. The van der Waals surface area contributed by atoms with Crippen LogP contribution in [0, 0.1) is 24.7 Å². The second-order valence-corrected chi connectivity index (χ2v) is 12.3. The fourth-order valence-electron chi connectivity index (χ4n) is 5.85. The number of rotatable bonds is 2. The van der Waals surface area contributed by atoms with Crippen LogP contribution in [0.2, 0.25) is 0 Å². The maximum Gasteiger partial charge on any atom is 0.243 e. The van der Waals surface area contributed by atoms with Crippen molar-refractivity contribution in [2.75, 3.05) is 19.6 Å². The molecule has 3 heterocycles. The molecular formula is C24H30N4O3S. The van der Waals surface area contributed by atoms with E-state index in [1.807, 2.05) is 26.0 Å². The monoisotopic (exact) mass is 454 g/mol. The number of fused-ring (bicyclic) bond motifs is 2. The van der Waals surface area contributed by atoms with E-state index in [4.69, 9.17) is 0 Å². The number of piperidine rings is 1. The Labute approximate surface area is 189 Å². The quantitative estimate of drug-likeness (QED) is 0.731. The highest BCUT2D eigenvalue weighted by Crippen LogP contribution is 2.55. The van der Waals surface area contributed by atoms with Gasteiger partial charge in [0, 0.05) is 41.8 Å². The van der Waals surface area contributed by atoms with E-state index < -0.39 is 15.4 Å². The van der Waals surface area contributed by atoms with Gasteiger partial charge in [0.2, 0.25) is 10.0 Å². The van der Waals surface area contributed by atoms with Crippen molar-refractivity contribution in [3.63, 3.8) is 0 Å². The second kappa shape index (κ2) is 7.09. The molecule has 0 unspecified atom stereocenters. The molecule has 5 rings (SSSR count). The van der Waals surface area contributed by atoms with Crippen molar-refractivity contribution in [2.45, 2.75) is 58.3 Å². The Balaban J connectivity index is 1.50. The Hall–Kier alpha value is -2.32. The van der Waals surface area contributed by atoms with Crippen molar-refractivity contribution >= 4 is 15.8 Å². The SMILES string of the molecule is Cc1ccc(C)c(S(=O)(=O)N2CCC3(CC2)C2=C(N=NC2)NC2=C3C(=O)CC(C)(C)C2)c1. The van der Waals surface area contributed by atoms with Crippen molar-refractivity contribution in [2.24, 2.45) is 21.1 Å². The smallest absolute Gasteiger partial charge is 0.243 e. The zero-order valence-corrected chi connectivity index (χ0v) is 20.0. The van der Waals surface area contributed by atoms with Crippen molar-refractivity contribution in [1.82, 2.24) is 9.62 Å². The molecule has 0 amide bonds. The Morgan fingerprint density at radius 3 is 2.53 bits per heavy atom. The number of Topliss-reactive ketones (excluding diaryl/α,β-unsaturated/α-hetero) is 1. The number of dihydropyridines is 1. The molecule has 0 atom stereocenters. The zero-order chi connectivity index (χ0) is 22.9. The number of carbonyl (C=O) groups is 1. The van der Waals surface area contributed by atoms with Crippen molar-refractivity contribution < 1.29 is 13.2 Å². The first-order chi connectivity index (χ1) is 15.0. The number of benzene rings is 1. The van der Waals surface area contributed by atoms with Crippen LogP contribution in [-0.2, 0) is 14.8 Å². The third kappa shape index (κ3) is 3.18. The van der Waals surface area contributed by atoms with Crippen LogP contribution >= 0.6 is 0 Å². The third-order valence-electron chi connectivity index (χ3n) is 7.42. The predicted molar refractivity (Wildman–Crippen MR) is 121 cm³/mol. The fraction of sp³-hybridized carbons (Fsp3) is 0.542. The van der Waals surface area contributed by atoms with Crippen molar-refractivity contribution in [1.29, 1.82) is 0 Å². The average Bonchev–Trinajstić information content (AvgIpc) is 3.18. The van der Waals surface area contributed by atoms with Gasteiger partial charge in [-0.1, -0.05) is 26.0 Å². The third-order valence-corrected chi connectivity index (χ3v) is 9.46. The van der Waals surface area contributed by atoms with Crippen LogP contribution in [0.3, 0.4) is 0 Å². The van der Waals surface area contributed by atoms with E-state index in [1.165, 1.54) is 0 Å². The minimum atomic E-state index is -3.60. The number of allylic oxidation sites excluding steroid dienone is 2. The summed E-state index contributed by atoms with van der Waals surface area (Å²) in [6.45, 7) is 9.19. The summed E-state index contributed by atoms with van der Waals surface area (Å²) in [5, 5.41) is 12.0. The molecular weight excluding hydrogens is 424 g/mol. The number of ketones is 1. The van der Waals surface area contributed by atoms with Crippen LogP contribution in [0.15, 0.2) is 56.0 Å². The van der Waals surface area contributed by atoms with Crippen LogP contribution in [0.1, 0.15) is 50.7 Å². The van der Waals surface area contributed by atoms with Gasteiger partial charge in [-0.3, -0.25) is 4.79 Å². The van der Waals surface area contributed by atoms with Crippen LogP contribution in [0.5, 0.6) is 0 Å². The summed E-state index contributed by atoms with van der Waals surface area (Å²) >= 11 is 0. The van der Waals surface area contributed by atoms with Gasteiger partial charge < -0.3 is 5.32 Å². The van der Waals surface area contributed by atoms with Gasteiger partial charge in [0.15, 0.2) is 11.6 Å². The van der Waals surface area contributed by atoms with Crippen LogP contribution in [0.4, 0.5) is 0 Å². The van der Waals surface area contributed by atoms with E-state index in [-0.39, 0.29) is 11.2 Å². The zero-order valence-electron chi connectivity index (χ0n) is 19.2. The van der Waals surface area contributed by atoms with E-state index >= 15 is 0 Å². The van der Waals surface area contributed by atoms with E-state index in [9.17, 15) is 13.2 Å². The lowest BCUT2D eigenvalue weighted by molar-refractivity contribution is -0.119. The maximum absolute atomic E-state index is 13.5. The first kappa shape index (κ1) is 21.5. The maximum atomic E-state index is 13.5. The van der Waals surface area contributed by atoms with Gasteiger partial charge in [-0.25, -0.2) is 8.42 Å². The Bertz CT molecular complexity index is 1220. The molecule has 0 radical (unpaired) electrons. The summed E-state index contributed by atoms with van der Waals surface area (Å²) in [5.74, 6) is 0.938. The molecule has 1 spiro atoms. The molecule has 1 fully saturated rings. The molecule has 1 saturated heterocycles. The summed E-state index contributed by atoms with van der Waals surface area (Å²) in [6.07, 6.45) is 2.45.